The maximum Gasteiger partial charge on any atom is 0.0489 e. The zero-order valence-corrected chi connectivity index (χ0v) is 19.1. The minimum Gasteiger partial charge on any atom is -0.385 e. The van der Waals surface area contributed by atoms with Gasteiger partial charge in [-0.05, 0) is 66.3 Å². The monoisotopic (exact) mass is 414 g/mol. The third kappa shape index (κ3) is 6.11. The molecule has 0 unspecified atom stereocenters. The molecule has 4 rings (SSSR count). The number of benzene rings is 2. The molecule has 0 saturated carbocycles. The van der Waals surface area contributed by atoms with E-state index in [-0.39, 0.29) is 0 Å². The van der Waals surface area contributed by atoms with E-state index in [0.717, 1.165) is 36.4 Å². The van der Waals surface area contributed by atoms with Crippen LogP contribution in [0.25, 0.3) is 10.9 Å². The first-order chi connectivity index (χ1) is 15.2. The zero-order valence-electron chi connectivity index (χ0n) is 19.1. The van der Waals surface area contributed by atoms with Crippen molar-refractivity contribution in [1.29, 1.82) is 0 Å². The van der Waals surface area contributed by atoms with Crippen molar-refractivity contribution in [2.45, 2.75) is 40.5 Å². The Bertz CT molecular complexity index is 1050. The van der Waals surface area contributed by atoms with Gasteiger partial charge in [-0.3, -0.25) is 4.98 Å². The maximum absolute atomic E-state index is 4.04. The van der Waals surface area contributed by atoms with E-state index in [1.807, 2.05) is 26.0 Å². The predicted molar refractivity (Wildman–Crippen MR) is 134 cm³/mol. The van der Waals surface area contributed by atoms with E-state index in [4.69, 9.17) is 0 Å². The van der Waals surface area contributed by atoms with Crippen molar-refractivity contribution in [2.75, 3.05) is 17.2 Å². The van der Waals surface area contributed by atoms with Crippen LogP contribution in [0.5, 0.6) is 0 Å². The number of para-hydroxylation sites is 1. The zero-order chi connectivity index (χ0) is 22.1. The summed E-state index contributed by atoms with van der Waals surface area (Å²) in [7, 11) is 0. The van der Waals surface area contributed by atoms with Gasteiger partial charge >= 0.3 is 0 Å². The second-order valence-corrected chi connectivity index (χ2v) is 7.87. The summed E-state index contributed by atoms with van der Waals surface area (Å²) in [6, 6.07) is 19.0. The highest BCUT2D eigenvalue weighted by atomic mass is 14.9. The molecule has 0 aliphatic heterocycles. The number of rotatable bonds is 8. The fraction of sp³-hybridized carbons (Fsp3) is 0.296. The Hall–Kier alpha value is -3.27. The largest absolute Gasteiger partial charge is 0.385 e. The van der Waals surface area contributed by atoms with Crippen LogP contribution in [0, 0.1) is 5.92 Å². The topological polar surface area (TPSA) is 52.7 Å². The molecule has 162 valence electrons. The highest BCUT2D eigenvalue weighted by Gasteiger charge is 2.08. The van der Waals surface area contributed by atoms with Crippen LogP contribution in [-0.4, -0.2) is 16.5 Å². The van der Waals surface area contributed by atoms with E-state index in [1.54, 1.807) is 12.4 Å². The van der Waals surface area contributed by atoms with Gasteiger partial charge in [0, 0.05) is 53.1 Å². The highest BCUT2D eigenvalue weighted by molar-refractivity contribution is 5.86. The Balaban J connectivity index is 0.00000132. The van der Waals surface area contributed by atoms with E-state index in [1.165, 1.54) is 22.0 Å². The van der Waals surface area contributed by atoms with Crippen molar-refractivity contribution in [1.82, 2.24) is 9.97 Å². The van der Waals surface area contributed by atoms with Crippen molar-refractivity contribution < 1.29 is 0 Å². The number of pyridine rings is 1. The smallest absolute Gasteiger partial charge is 0.0489 e. The summed E-state index contributed by atoms with van der Waals surface area (Å²) < 4.78 is 0. The lowest BCUT2D eigenvalue weighted by molar-refractivity contribution is 0.649. The quantitative estimate of drug-likeness (QED) is 0.286. The normalized spacial score (nSPS) is 10.6. The molecule has 4 aromatic rings. The van der Waals surface area contributed by atoms with Gasteiger partial charge in [-0.25, -0.2) is 0 Å². The average molecular weight is 415 g/mol. The minimum atomic E-state index is 0.657. The molecule has 0 fully saturated rings. The molecule has 0 saturated heterocycles. The Labute approximate surface area is 186 Å². The lowest BCUT2D eigenvalue weighted by Gasteiger charge is -2.09. The number of hydrogen-bond donors (Lipinski definition) is 3. The number of nitrogens with one attached hydrogen (secondary N) is 3. The lowest BCUT2D eigenvalue weighted by atomic mass is 9.99. The first-order valence-electron chi connectivity index (χ1n) is 11.3. The van der Waals surface area contributed by atoms with Crippen LogP contribution in [0.4, 0.5) is 17.1 Å². The van der Waals surface area contributed by atoms with Gasteiger partial charge in [0.1, 0.15) is 0 Å². The average Bonchev–Trinajstić information content (AvgIpc) is 3.21. The minimum absolute atomic E-state index is 0.657. The molecule has 0 bridgehead atoms. The number of nitrogens with zero attached hydrogens (tertiary/aromatic N) is 1. The van der Waals surface area contributed by atoms with Crippen LogP contribution in [-0.2, 0) is 12.8 Å². The van der Waals surface area contributed by atoms with Crippen LogP contribution < -0.4 is 10.6 Å². The van der Waals surface area contributed by atoms with Crippen LogP contribution in [0.2, 0.25) is 0 Å². The summed E-state index contributed by atoms with van der Waals surface area (Å²) in [4.78, 5) is 7.54. The van der Waals surface area contributed by atoms with E-state index >= 15 is 0 Å². The van der Waals surface area contributed by atoms with Gasteiger partial charge in [-0.2, -0.15) is 0 Å². The molecule has 3 N–H and O–H groups in total. The molecule has 4 heteroatoms. The van der Waals surface area contributed by atoms with Crippen molar-refractivity contribution in [3.63, 3.8) is 0 Å². The molecule has 0 spiro atoms. The number of H-pyrrole nitrogens is 1. The molecule has 31 heavy (non-hydrogen) atoms. The molecule has 4 nitrogen and oxygen atoms in total. The van der Waals surface area contributed by atoms with Gasteiger partial charge in [0.05, 0.1) is 0 Å². The summed E-state index contributed by atoms with van der Waals surface area (Å²) in [6.45, 7) is 9.44. The standard InChI is InChI=1S/C25H28N4.C2H6/c1-18(2)16-19-4-3-5-24-20(17-28-25(19)24)10-15-27-21-6-8-22(9-7-21)29-23-11-13-26-14-12-23;1-2/h3-9,11-14,17-18,27-28H,10,15-16H2,1-2H3,(H,26,29);1-2H3. The molecule has 0 atom stereocenters. The number of anilines is 3. The predicted octanol–water partition coefficient (Wildman–Crippen LogP) is 7.19. The van der Waals surface area contributed by atoms with Crippen molar-refractivity contribution in [2.24, 2.45) is 5.92 Å². The van der Waals surface area contributed by atoms with E-state index < -0.39 is 0 Å². The molecular weight excluding hydrogens is 380 g/mol. The first kappa shape index (κ1) is 22.4. The van der Waals surface area contributed by atoms with Crippen LogP contribution in [0.15, 0.2) is 73.2 Å². The van der Waals surface area contributed by atoms with Gasteiger partial charge in [0.15, 0.2) is 0 Å². The SMILES string of the molecule is CC.CC(C)Cc1cccc2c(CCNc3ccc(Nc4ccncc4)cc3)c[nH]c12. The molecule has 0 amide bonds. The second kappa shape index (κ2) is 11.2. The molecule has 0 aliphatic rings. The Morgan fingerprint density at radius 3 is 2.23 bits per heavy atom. The van der Waals surface area contributed by atoms with Crippen molar-refractivity contribution >= 4 is 28.0 Å². The third-order valence-electron chi connectivity index (χ3n) is 5.09. The number of aromatic amines is 1. The van der Waals surface area contributed by atoms with Gasteiger partial charge in [0.25, 0.3) is 0 Å². The van der Waals surface area contributed by atoms with Crippen LogP contribution in [0.1, 0.15) is 38.8 Å². The summed E-state index contributed by atoms with van der Waals surface area (Å²) in [5, 5.41) is 8.26. The first-order valence-corrected chi connectivity index (χ1v) is 11.3. The summed E-state index contributed by atoms with van der Waals surface area (Å²) >= 11 is 0. The number of fused-ring (bicyclic) bond motifs is 1. The van der Waals surface area contributed by atoms with Crippen LogP contribution >= 0.6 is 0 Å². The Morgan fingerprint density at radius 2 is 1.52 bits per heavy atom. The van der Waals surface area contributed by atoms with Gasteiger partial charge in [-0.1, -0.05) is 45.9 Å². The van der Waals surface area contributed by atoms with E-state index in [9.17, 15) is 0 Å². The third-order valence-corrected chi connectivity index (χ3v) is 5.09. The van der Waals surface area contributed by atoms with Crippen molar-refractivity contribution in [3.8, 4) is 0 Å². The van der Waals surface area contributed by atoms with Crippen LogP contribution in [0.3, 0.4) is 0 Å². The van der Waals surface area contributed by atoms with Gasteiger partial charge < -0.3 is 15.6 Å². The van der Waals surface area contributed by atoms with Crippen molar-refractivity contribution in [3.05, 3.63) is 84.3 Å². The molecule has 2 aromatic carbocycles. The van der Waals surface area contributed by atoms with E-state index in [0.29, 0.717) is 5.92 Å². The summed E-state index contributed by atoms with van der Waals surface area (Å²) in [5.74, 6) is 0.657. The summed E-state index contributed by atoms with van der Waals surface area (Å²) in [5.41, 5.74) is 7.31. The van der Waals surface area contributed by atoms with E-state index in [2.05, 4.69) is 83.1 Å². The molecule has 0 aliphatic carbocycles. The molecule has 2 heterocycles. The lowest BCUT2D eigenvalue weighted by Crippen LogP contribution is -2.04. The fourth-order valence-corrected chi connectivity index (χ4v) is 3.71. The van der Waals surface area contributed by atoms with Gasteiger partial charge in [0.2, 0.25) is 0 Å². The highest BCUT2D eigenvalue weighted by Crippen LogP contribution is 2.24. The Morgan fingerprint density at radius 1 is 0.839 bits per heavy atom. The Kier molecular flexibility index (Phi) is 8.11. The molecule has 2 aromatic heterocycles. The number of hydrogen-bond acceptors (Lipinski definition) is 3. The molecule has 0 radical (unpaired) electrons. The van der Waals surface area contributed by atoms with Gasteiger partial charge in [-0.15, -0.1) is 0 Å². The maximum atomic E-state index is 4.04. The fourth-order valence-electron chi connectivity index (χ4n) is 3.71. The summed E-state index contributed by atoms with van der Waals surface area (Å²) in [6.07, 6.45) is 7.83. The number of aromatic nitrogens is 2. The second-order valence-electron chi connectivity index (χ2n) is 7.87. The molecular formula is C27H34N4.